The van der Waals surface area contributed by atoms with E-state index in [2.05, 4.69) is 50.5 Å². The minimum atomic E-state index is 0.666. The number of thioether (sulfide) groups is 1. The highest BCUT2D eigenvalue weighted by atomic mass is 32.2. The fourth-order valence-electron chi connectivity index (χ4n) is 3.27. The van der Waals surface area contributed by atoms with E-state index < -0.39 is 0 Å². The van der Waals surface area contributed by atoms with Crippen molar-refractivity contribution in [3.8, 4) is 0 Å². The highest BCUT2D eigenvalue weighted by Crippen LogP contribution is 2.34. The summed E-state index contributed by atoms with van der Waals surface area (Å²) in [5.74, 6) is 3.07. The van der Waals surface area contributed by atoms with Crippen molar-refractivity contribution in [2.75, 3.05) is 12.8 Å². The van der Waals surface area contributed by atoms with Crippen LogP contribution in [0.4, 0.5) is 0 Å². The van der Waals surface area contributed by atoms with Gasteiger partial charge in [-0.2, -0.15) is 0 Å². The molecule has 0 bridgehead atoms. The molecular formula is C18H29NS. The van der Waals surface area contributed by atoms with E-state index in [9.17, 15) is 0 Å². The summed E-state index contributed by atoms with van der Waals surface area (Å²) in [4.78, 5) is 1.40. The van der Waals surface area contributed by atoms with Gasteiger partial charge in [-0.1, -0.05) is 43.9 Å². The van der Waals surface area contributed by atoms with Crippen LogP contribution in [0.3, 0.4) is 0 Å². The largest absolute Gasteiger partial charge is 0.316 e. The molecule has 1 aliphatic carbocycles. The van der Waals surface area contributed by atoms with Gasteiger partial charge >= 0.3 is 0 Å². The lowest BCUT2D eigenvalue weighted by Crippen LogP contribution is -2.37. The predicted octanol–water partition coefficient (Wildman–Crippen LogP) is 4.89. The average molecular weight is 292 g/mol. The predicted molar refractivity (Wildman–Crippen MR) is 90.5 cm³/mol. The second-order valence-corrected chi connectivity index (χ2v) is 7.30. The van der Waals surface area contributed by atoms with Crippen molar-refractivity contribution in [1.29, 1.82) is 0 Å². The molecule has 1 N–H and O–H groups in total. The van der Waals surface area contributed by atoms with Crippen LogP contribution >= 0.6 is 11.8 Å². The molecule has 0 heterocycles. The van der Waals surface area contributed by atoms with Gasteiger partial charge in [-0.25, -0.2) is 0 Å². The van der Waals surface area contributed by atoms with E-state index >= 15 is 0 Å². The van der Waals surface area contributed by atoms with Crippen LogP contribution in [0.5, 0.6) is 0 Å². The minimum Gasteiger partial charge on any atom is -0.316 e. The molecular weight excluding hydrogens is 262 g/mol. The Morgan fingerprint density at radius 2 is 1.80 bits per heavy atom. The van der Waals surface area contributed by atoms with Gasteiger partial charge in [0.25, 0.3) is 0 Å². The van der Waals surface area contributed by atoms with E-state index in [0.717, 1.165) is 11.8 Å². The molecule has 0 aromatic heterocycles. The molecule has 2 rings (SSSR count). The van der Waals surface area contributed by atoms with Crippen molar-refractivity contribution in [3.63, 3.8) is 0 Å². The molecule has 1 aromatic rings. The van der Waals surface area contributed by atoms with Gasteiger partial charge < -0.3 is 5.32 Å². The van der Waals surface area contributed by atoms with E-state index in [1.54, 1.807) is 0 Å². The maximum atomic E-state index is 3.57. The van der Waals surface area contributed by atoms with E-state index in [1.165, 1.54) is 48.3 Å². The van der Waals surface area contributed by atoms with Crippen LogP contribution in [-0.4, -0.2) is 18.8 Å². The molecule has 1 nitrogen and oxygen atoms in total. The third-order valence-corrected chi connectivity index (χ3v) is 5.99. The number of benzene rings is 1. The zero-order chi connectivity index (χ0) is 14.4. The third-order valence-electron chi connectivity index (χ3n) is 4.86. The van der Waals surface area contributed by atoms with Gasteiger partial charge in [0.15, 0.2) is 0 Å². The first-order valence-electron chi connectivity index (χ1n) is 8.09. The van der Waals surface area contributed by atoms with Gasteiger partial charge in [0.05, 0.1) is 0 Å². The smallest absolute Gasteiger partial charge is 0.0186 e. The third kappa shape index (κ3) is 4.53. The summed E-state index contributed by atoms with van der Waals surface area (Å²) in [6, 6.07) is 9.59. The zero-order valence-electron chi connectivity index (χ0n) is 13.2. The van der Waals surface area contributed by atoms with Crippen LogP contribution in [0, 0.1) is 18.8 Å². The van der Waals surface area contributed by atoms with Crippen molar-refractivity contribution in [1.82, 2.24) is 5.32 Å². The van der Waals surface area contributed by atoms with Gasteiger partial charge in [-0.15, -0.1) is 11.8 Å². The van der Waals surface area contributed by atoms with Crippen molar-refractivity contribution in [2.45, 2.75) is 56.9 Å². The Morgan fingerprint density at radius 1 is 1.15 bits per heavy atom. The first-order chi connectivity index (χ1) is 9.72. The number of nitrogens with one attached hydrogen (secondary N) is 1. The second-order valence-electron chi connectivity index (χ2n) is 6.21. The summed E-state index contributed by atoms with van der Waals surface area (Å²) in [5, 5.41) is 3.57. The molecule has 0 radical (unpaired) electrons. The lowest BCUT2D eigenvalue weighted by atomic mass is 9.78. The topological polar surface area (TPSA) is 12.0 Å². The number of aryl methyl sites for hydroxylation is 1. The monoisotopic (exact) mass is 291 g/mol. The van der Waals surface area contributed by atoms with E-state index in [1.807, 2.05) is 11.8 Å². The molecule has 1 saturated carbocycles. The van der Waals surface area contributed by atoms with Crippen molar-refractivity contribution < 1.29 is 0 Å². The van der Waals surface area contributed by atoms with E-state index in [-0.39, 0.29) is 0 Å². The summed E-state index contributed by atoms with van der Waals surface area (Å²) in [7, 11) is 2.13. The lowest BCUT2D eigenvalue weighted by Gasteiger charge is -2.33. The molecule has 0 spiro atoms. The molecule has 1 aromatic carbocycles. The maximum absolute atomic E-state index is 3.57. The normalized spacial score (nSPS) is 24.6. The molecule has 0 saturated heterocycles. The summed E-state index contributed by atoms with van der Waals surface area (Å²) >= 11 is 2.00. The number of rotatable bonds is 6. The van der Waals surface area contributed by atoms with Gasteiger partial charge in [-0.05, 0) is 50.8 Å². The van der Waals surface area contributed by atoms with Crippen LogP contribution in [0.2, 0.25) is 0 Å². The Hall–Kier alpha value is -0.470. The highest BCUT2D eigenvalue weighted by molar-refractivity contribution is 7.99. The summed E-state index contributed by atoms with van der Waals surface area (Å²) < 4.78 is 0. The van der Waals surface area contributed by atoms with Crippen LogP contribution in [-0.2, 0) is 0 Å². The summed E-state index contributed by atoms with van der Waals surface area (Å²) in [5.41, 5.74) is 1.34. The molecule has 0 amide bonds. The Bertz CT molecular complexity index is 379. The fourth-order valence-corrected chi connectivity index (χ4v) is 4.41. The van der Waals surface area contributed by atoms with Crippen LogP contribution in [0.1, 0.15) is 44.6 Å². The first-order valence-corrected chi connectivity index (χ1v) is 9.08. The Labute approximate surface area is 128 Å². The molecule has 2 heteroatoms. The molecule has 1 fully saturated rings. The summed E-state index contributed by atoms with van der Waals surface area (Å²) in [6.45, 7) is 4.49. The first kappa shape index (κ1) is 15.9. The van der Waals surface area contributed by atoms with Gasteiger partial charge in [0.2, 0.25) is 0 Å². The molecule has 20 heavy (non-hydrogen) atoms. The maximum Gasteiger partial charge on any atom is 0.0186 e. The quantitative estimate of drug-likeness (QED) is 0.749. The van der Waals surface area contributed by atoms with E-state index in [0.29, 0.717) is 6.04 Å². The van der Waals surface area contributed by atoms with Gasteiger partial charge in [0, 0.05) is 16.7 Å². The summed E-state index contributed by atoms with van der Waals surface area (Å²) in [6.07, 6.45) is 7.08. The van der Waals surface area contributed by atoms with Crippen molar-refractivity contribution in [2.24, 2.45) is 11.8 Å². The second kappa shape index (κ2) is 8.09. The molecule has 1 aliphatic rings. The zero-order valence-corrected chi connectivity index (χ0v) is 14.0. The highest BCUT2D eigenvalue weighted by Gasteiger charge is 2.26. The van der Waals surface area contributed by atoms with Gasteiger partial charge in [-0.3, -0.25) is 0 Å². The molecule has 1 unspecified atom stereocenters. The van der Waals surface area contributed by atoms with Crippen LogP contribution < -0.4 is 5.32 Å². The SMILES string of the molecule is CCC1CCC(C(CSc2ccc(C)cc2)NC)CC1. The molecule has 1 atom stereocenters. The Morgan fingerprint density at radius 3 is 2.35 bits per heavy atom. The number of hydrogen-bond donors (Lipinski definition) is 1. The van der Waals surface area contributed by atoms with Gasteiger partial charge in [0.1, 0.15) is 0 Å². The van der Waals surface area contributed by atoms with Crippen molar-refractivity contribution >= 4 is 11.8 Å². The van der Waals surface area contributed by atoms with Crippen molar-refractivity contribution in [3.05, 3.63) is 29.8 Å². The minimum absolute atomic E-state index is 0.666. The van der Waals surface area contributed by atoms with Crippen LogP contribution in [0.25, 0.3) is 0 Å². The standard InChI is InChI=1S/C18H29NS/c1-4-15-7-9-16(10-8-15)18(19-3)13-20-17-11-5-14(2)6-12-17/h5-6,11-12,15-16,18-19H,4,7-10,13H2,1-3H3. The number of hydrogen-bond acceptors (Lipinski definition) is 2. The lowest BCUT2D eigenvalue weighted by molar-refractivity contribution is 0.233. The van der Waals surface area contributed by atoms with Crippen LogP contribution in [0.15, 0.2) is 29.2 Å². The fraction of sp³-hybridized carbons (Fsp3) is 0.667. The van der Waals surface area contributed by atoms with E-state index in [4.69, 9.17) is 0 Å². The molecule has 0 aliphatic heterocycles. The average Bonchev–Trinajstić information content (AvgIpc) is 2.50. The Balaban J connectivity index is 1.81. The molecule has 112 valence electrons. The Kier molecular flexibility index (Phi) is 6.44.